The van der Waals surface area contributed by atoms with Gasteiger partial charge in [-0.1, -0.05) is 0 Å². The Morgan fingerprint density at radius 2 is 1.95 bits per heavy atom. The van der Waals surface area contributed by atoms with Crippen LogP contribution in [0.4, 0.5) is 0 Å². The van der Waals surface area contributed by atoms with Gasteiger partial charge >= 0.3 is 0 Å². The molecule has 0 aliphatic rings. The summed E-state index contributed by atoms with van der Waals surface area (Å²) in [5.74, 6) is 0. The standard InChI is InChI=1S/C12H19NO4S2/c1-17-8-11(13)12(7-14)18-9-3-5-10(6-4-9)19(2,15)16/h3-6,11-12,14H,7-8,13H2,1-2H3. The highest BCUT2D eigenvalue weighted by molar-refractivity contribution is 8.00. The van der Waals surface area contributed by atoms with Crippen molar-refractivity contribution in [1.29, 1.82) is 0 Å². The van der Waals surface area contributed by atoms with Crippen molar-refractivity contribution in [2.75, 3.05) is 26.6 Å². The van der Waals surface area contributed by atoms with Crippen LogP contribution in [0.25, 0.3) is 0 Å². The minimum Gasteiger partial charge on any atom is -0.395 e. The zero-order valence-electron chi connectivity index (χ0n) is 10.9. The Morgan fingerprint density at radius 3 is 2.37 bits per heavy atom. The third kappa shape index (κ3) is 5.12. The Balaban J connectivity index is 2.76. The molecule has 7 heteroatoms. The molecule has 1 aromatic rings. The first-order valence-corrected chi connectivity index (χ1v) is 8.47. The number of hydrogen-bond donors (Lipinski definition) is 2. The highest BCUT2D eigenvalue weighted by Crippen LogP contribution is 2.26. The summed E-state index contributed by atoms with van der Waals surface area (Å²) in [4.78, 5) is 1.14. The fraction of sp³-hybridized carbons (Fsp3) is 0.500. The van der Waals surface area contributed by atoms with Crippen molar-refractivity contribution in [2.24, 2.45) is 5.73 Å². The van der Waals surface area contributed by atoms with Gasteiger partial charge in [0.1, 0.15) is 0 Å². The summed E-state index contributed by atoms with van der Waals surface area (Å²) in [6, 6.07) is 6.24. The SMILES string of the molecule is COCC(N)C(CO)Sc1ccc(S(C)(=O)=O)cc1. The molecule has 0 aliphatic carbocycles. The van der Waals surface area contributed by atoms with Gasteiger partial charge in [-0.15, -0.1) is 11.8 Å². The lowest BCUT2D eigenvalue weighted by molar-refractivity contribution is 0.167. The van der Waals surface area contributed by atoms with Crippen molar-refractivity contribution >= 4 is 21.6 Å². The van der Waals surface area contributed by atoms with Gasteiger partial charge in [-0.3, -0.25) is 0 Å². The minimum atomic E-state index is -3.18. The number of aliphatic hydroxyl groups is 1. The number of rotatable bonds is 7. The molecule has 5 nitrogen and oxygen atoms in total. The Bertz CT molecular complexity index is 487. The molecule has 0 spiro atoms. The first-order chi connectivity index (χ1) is 8.88. The summed E-state index contributed by atoms with van der Waals surface area (Å²) in [5.41, 5.74) is 5.88. The summed E-state index contributed by atoms with van der Waals surface area (Å²) in [6.45, 7) is 0.294. The number of methoxy groups -OCH3 is 1. The monoisotopic (exact) mass is 305 g/mol. The number of ether oxygens (including phenoxy) is 1. The van der Waals surface area contributed by atoms with Crippen LogP contribution in [-0.4, -0.2) is 51.4 Å². The van der Waals surface area contributed by atoms with Gasteiger partial charge in [-0.05, 0) is 24.3 Å². The predicted octanol–water partition coefficient (Wildman–Crippen LogP) is 0.517. The van der Waals surface area contributed by atoms with Crippen LogP contribution < -0.4 is 5.73 Å². The molecule has 0 aliphatic heterocycles. The van der Waals surface area contributed by atoms with Crippen molar-refractivity contribution < 1.29 is 18.3 Å². The highest BCUT2D eigenvalue weighted by Gasteiger charge is 2.18. The average molecular weight is 305 g/mol. The molecular formula is C12H19NO4S2. The molecule has 108 valence electrons. The summed E-state index contributed by atoms with van der Waals surface area (Å²) in [6.07, 6.45) is 1.17. The molecule has 0 aromatic heterocycles. The van der Waals surface area contributed by atoms with E-state index in [1.54, 1.807) is 31.4 Å². The van der Waals surface area contributed by atoms with Crippen molar-refractivity contribution in [3.05, 3.63) is 24.3 Å². The number of hydrogen-bond acceptors (Lipinski definition) is 6. The topological polar surface area (TPSA) is 89.6 Å². The maximum atomic E-state index is 11.3. The Kier molecular flexibility index (Phi) is 6.28. The third-order valence-corrected chi connectivity index (χ3v) is 5.03. The first-order valence-electron chi connectivity index (χ1n) is 5.70. The van der Waals surface area contributed by atoms with Crippen molar-refractivity contribution in [3.63, 3.8) is 0 Å². The number of nitrogens with two attached hydrogens (primary N) is 1. The van der Waals surface area contributed by atoms with E-state index in [1.807, 2.05) is 0 Å². The van der Waals surface area contributed by atoms with E-state index in [2.05, 4.69) is 0 Å². The maximum Gasteiger partial charge on any atom is 0.175 e. The molecule has 0 amide bonds. The molecule has 0 fully saturated rings. The molecule has 0 heterocycles. The van der Waals surface area contributed by atoms with E-state index in [0.29, 0.717) is 6.61 Å². The summed E-state index contributed by atoms with van der Waals surface area (Å²) < 4.78 is 27.6. The second-order valence-corrected chi connectivity index (χ2v) is 7.53. The van der Waals surface area contributed by atoms with Gasteiger partial charge in [0.2, 0.25) is 0 Å². The maximum absolute atomic E-state index is 11.3. The number of aliphatic hydroxyl groups excluding tert-OH is 1. The summed E-state index contributed by atoms with van der Waals surface area (Å²) >= 11 is 1.41. The Hall–Kier alpha value is -0.600. The lowest BCUT2D eigenvalue weighted by Gasteiger charge is -2.20. The van der Waals surface area contributed by atoms with Crippen LogP contribution in [0.5, 0.6) is 0 Å². The van der Waals surface area contributed by atoms with Crippen molar-refractivity contribution in [3.8, 4) is 0 Å². The largest absolute Gasteiger partial charge is 0.395 e. The van der Waals surface area contributed by atoms with Gasteiger partial charge in [-0.2, -0.15) is 0 Å². The molecule has 2 unspecified atom stereocenters. The molecule has 1 rings (SSSR count). The summed E-state index contributed by atoms with van der Waals surface area (Å²) in [7, 11) is -1.63. The van der Waals surface area contributed by atoms with Crippen LogP contribution in [0.2, 0.25) is 0 Å². The van der Waals surface area contributed by atoms with E-state index in [-0.39, 0.29) is 22.8 Å². The van der Waals surface area contributed by atoms with Crippen LogP contribution in [0.1, 0.15) is 0 Å². The van der Waals surface area contributed by atoms with Gasteiger partial charge in [0.25, 0.3) is 0 Å². The molecular weight excluding hydrogens is 286 g/mol. The van der Waals surface area contributed by atoms with Crippen molar-refractivity contribution in [1.82, 2.24) is 0 Å². The highest BCUT2D eigenvalue weighted by atomic mass is 32.2. The number of benzene rings is 1. The quantitative estimate of drug-likeness (QED) is 0.714. The van der Waals surface area contributed by atoms with E-state index in [1.165, 1.54) is 18.0 Å². The van der Waals surface area contributed by atoms with Crippen LogP contribution >= 0.6 is 11.8 Å². The Morgan fingerprint density at radius 1 is 1.37 bits per heavy atom. The first kappa shape index (κ1) is 16.5. The van der Waals surface area contributed by atoms with E-state index in [0.717, 1.165) is 4.90 Å². The van der Waals surface area contributed by atoms with Gasteiger partial charge < -0.3 is 15.6 Å². The molecule has 0 saturated heterocycles. The second-order valence-electron chi connectivity index (χ2n) is 4.20. The third-order valence-electron chi connectivity index (χ3n) is 2.56. The average Bonchev–Trinajstić information content (AvgIpc) is 2.35. The minimum absolute atomic E-state index is 0.0664. The molecule has 3 N–H and O–H groups in total. The van der Waals surface area contributed by atoms with Gasteiger partial charge in [0.05, 0.1) is 18.1 Å². The fourth-order valence-electron chi connectivity index (χ4n) is 1.50. The predicted molar refractivity (Wildman–Crippen MR) is 76.1 cm³/mol. The molecule has 19 heavy (non-hydrogen) atoms. The van der Waals surface area contributed by atoms with E-state index < -0.39 is 9.84 Å². The molecule has 1 aromatic carbocycles. The van der Waals surface area contributed by atoms with Gasteiger partial charge in [0.15, 0.2) is 9.84 Å². The van der Waals surface area contributed by atoms with Crippen LogP contribution in [0, 0.1) is 0 Å². The van der Waals surface area contributed by atoms with E-state index >= 15 is 0 Å². The molecule has 0 bridgehead atoms. The lowest BCUT2D eigenvalue weighted by atomic mass is 10.2. The number of thioether (sulfide) groups is 1. The molecule has 0 radical (unpaired) electrons. The zero-order valence-corrected chi connectivity index (χ0v) is 12.6. The van der Waals surface area contributed by atoms with Crippen LogP contribution in [0.3, 0.4) is 0 Å². The smallest absolute Gasteiger partial charge is 0.175 e. The zero-order chi connectivity index (χ0) is 14.5. The molecule has 0 saturated carbocycles. The van der Waals surface area contributed by atoms with Crippen LogP contribution in [-0.2, 0) is 14.6 Å². The van der Waals surface area contributed by atoms with Gasteiger partial charge in [-0.25, -0.2) is 8.42 Å². The van der Waals surface area contributed by atoms with E-state index in [9.17, 15) is 13.5 Å². The van der Waals surface area contributed by atoms with E-state index in [4.69, 9.17) is 10.5 Å². The number of sulfone groups is 1. The fourth-order valence-corrected chi connectivity index (χ4v) is 3.10. The molecule has 2 atom stereocenters. The second kappa shape index (κ2) is 7.25. The van der Waals surface area contributed by atoms with Crippen LogP contribution in [0.15, 0.2) is 34.1 Å². The Labute approximate surface area is 118 Å². The normalized spacial score (nSPS) is 15.2. The van der Waals surface area contributed by atoms with Crippen molar-refractivity contribution in [2.45, 2.75) is 21.1 Å². The summed E-state index contributed by atoms with van der Waals surface area (Å²) in [5, 5.41) is 9.13. The van der Waals surface area contributed by atoms with Gasteiger partial charge in [0, 0.05) is 29.6 Å². The lowest BCUT2D eigenvalue weighted by Crippen LogP contribution is -2.38.